The first-order valence-corrected chi connectivity index (χ1v) is 9.37. The van der Waals surface area contributed by atoms with Gasteiger partial charge in [-0.05, 0) is 31.6 Å². The topological polar surface area (TPSA) is 78.6 Å². The van der Waals surface area contributed by atoms with Crippen molar-refractivity contribution in [2.75, 3.05) is 32.2 Å². The fourth-order valence-electron chi connectivity index (χ4n) is 3.36. The van der Waals surface area contributed by atoms with Gasteiger partial charge in [-0.25, -0.2) is 13.6 Å². The maximum atomic E-state index is 11.5. The summed E-state index contributed by atoms with van der Waals surface area (Å²) in [5.41, 5.74) is -0.347. The van der Waals surface area contributed by atoms with Crippen molar-refractivity contribution in [3.05, 3.63) is 0 Å². The zero-order chi connectivity index (χ0) is 14.5. The summed E-state index contributed by atoms with van der Waals surface area (Å²) in [6.07, 6.45) is 7.84. The Labute approximate surface area is 122 Å². The van der Waals surface area contributed by atoms with E-state index in [0.29, 0.717) is 38.6 Å². The van der Waals surface area contributed by atoms with Crippen LogP contribution in [0.1, 0.15) is 44.9 Å². The Kier molecular flexibility index (Phi) is 5.84. The lowest BCUT2D eigenvalue weighted by Crippen LogP contribution is -2.42. The van der Waals surface area contributed by atoms with Gasteiger partial charge in [-0.15, -0.1) is 0 Å². The first kappa shape index (κ1) is 16.2. The second kappa shape index (κ2) is 7.20. The monoisotopic (exact) mass is 305 g/mol. The number of nitrogens with two attached hydrogens (primary N) is 1. The Bertz CT molecular complexity index is 384. The number of sulfonamides is 1. The van der Waals surface area contributed by atoms with Gasteiger partial charge in [0.05, 0.1) is 12.4 Å². The molecule has 0 amide bonds. The van der Waals surface area contributed by atoms with Crippen molar-refractivity contribution in [1.29, 1.82) is 0 Å². The minimum Gasteiger partial charge on any atom is -0.381 e. The molecule has 6 heteroatoms. The average Bonchev–Trinajstić information content (AvgIpc) is 2.39. The summed E-state index contributed by atoms with van der Waals surface area (Å²) in [6, 6.07) is 0. The lowest BCUT2D eigenvalue weighted by atomic mass is 9.83. The quantitative estimate of drug-likeness (QED) is 0.809. The Hall–Kier alpha value is -0.170. The molecule has 2 fully saturated rings. The van der Waals surface area contributed by atoms with Gasteiger partial charge < -0.3 is 9.47 Å². The Morgan fingerprint density at radius 1 is 1.15 bits per heavy atom. The fraction of sp³-hybridized carbons (Fsp3) is 1.00. The molecule has 118 valence electrons. The van der Waals surface area contributed by atoms with E-state index in [1.165, 1.54) is 32.1 Å². The van der Waals surface area contributed by atoms with Crippen molar-refractivity contribution in [3.8, 4) is 0 Å². The molecule has 0 aromatic heterocycles. The number of hydrogen-bond acceptors (Lipinski definition) is 4. The fourth-order valence-corrected chi connectivity index (χ4v) is 4.58. The second-order valence-corrected chi connectivity index (χ2v) is 8.05. The van der Waals surface area contributed by atoms with Crippen molar-refractivity contribution < 1.29 is 17.9 Å². The van der Waals surface area contributed by atoms with E-state index >= 15 is 0 Å². The molecule has 0 atom stereocenters. The number of ether oxygens (including phenoxy) is 2. The number of rotatable bonds is 6. The summed E-state index contributed by atoms with van der Waals surface area (Å²) in [4.78, 5) is 0. The van der Waals surface area contributed by atoms with Gasteiger partial charge in [0.15, 0.2) is 0 Å². The number of hydrogen-bond donors (Lipinski definition) is 1. The predicted octanol–water partition coefficient (Wildman–Crippen LogP) is 1.67. The first-order valence-electron chi connectivity index (χ1n) is 7.65. The van der Waals surface area contributed by atoms with Crippen LogP contribution in [0, 0.1) is 11.3 Å². The molecule has 0 aromatic carbocycles. The Morgan fingerprint density at radius 2 is 1.80 bits per heavy atom. The summed E-state index contributed by atoms with van der Waals surface area (Å²) < 4.78 is 34.1. The maximum Gasteiger partial charge on any atom is 0.209 e. The van der Waals surface area contributed by atoms with Crippen LogP contribution in [-0.4, -0.2) is 40.6 Å². The van der Waals surface area contributed by atoms with Crippen LogP contribution in [-0.2, 0) is 19.5 Å². The van der Waals surface area contributed by atoms with Crippen molar-refractivity contribution in [3.63, 3.8) is 0 Å². The van der Waals surface area contributed by atoms with Crippen molar-refractivity contribution in [1.82, 2.24) is 0 Å². The van der Waals surface area contributed by atoms with Crippen LogP contribution in [0.25, 0.3) is 0 Å². The van der Waals surface area contributed by atoms with Gasteiger partial charge in [0.2, 0.25) is 10.0 Å². The zero-order valence-electron chi connectivity index (χ0n) is 12.2. The van der Waals surface area contributed by atoms with Crippen molar-refractivity contribution in [2.24, 2.45) is 16.5 Å². The van der Waals surface area contributed by atoms with Crippen LogP contribution in [0.3, 0.4) is 0 Å². The number of primary sulfonamides is 1. The molecule has 1 aliphatic heterocycles. The molecule has 0 spiro atoms. The minimum atomic E-state index is -3.47. The van der Waals surface area contributed by atoms with E-state index in [4.69, 9.17) is 14.6 Å². The van der Waals surface area contributed by atoms with Gasteiger partial charge in [0.1, 0.15) is 0 Å². The van der Waals surface area contributed by atoms with Gasteiger partial charge in [-0.3, -0.25) is 0 Å². The smallest absolute Gasteiger partial charge is 0.209 e. The van der Waals surface area contributed by atoms with E-state index in [1.807, 2.05) is 0 Å². The van der Waals surface area contributed by atoms with E-state index in [2.05, 4.69) is 0 Å². The summed E-state index contributed by atoms with van der Waals surface area (Å²) in [6.45, 7) is 2.45. The summed E-state index contributed by atoms with van der Waals surface area (Å²) in [5, 5.41) is 5.24. The Balaban J connectivity index is 1.83. The first-order chi connectivity index (χ1) is 9.49. The van der Waals surface area contributed by atoms with Crippen LogP contribution >= 0.6 is 0 Å². The largest absolute Gasteiger partial charge is 0.381 e. The molecular weight excluding hydrogens is 278 g/mol. The predicted molar refractivity (Wildman–Crippen MR) is 77.9 cm³/mol. The molecule has 0 unspecified atom stereocenters. The lowest BCUT2D eigenvalue weighted by Gasteiger charge is -2.36. The van der Waals surface area contributed by atoms with Gasteiger partial charge in [0, 0.05) is 25.2 Å². The third-order valence-electron chi connectivity index (χ3n) is 4.55. The Morgan fingerprint density at radius 3 is 2.40 bits per heavy atom. The molecule has 1 heterocycles. The molecule has 0 bridgehead atoms. The normalized spacial score (nSPS) is 24.6. The van der Waals surface area contributed by atoms with E-state index in [-0.39, 0.29) is 11.2 Å². The molecule has 1 saturated carbocycles. The van der Waals surface area contributed by atoms with Crippen molar-refractivity contribution in [2.45, 2.75) is 44.9 Å². The standard InChI is InChI=1S/C14H27NO4S/c15-20(16,17)12-14(6-8-18-9-7-14)11-19-10-13-4-2-1-3-5-13/h13H,1-12H2,(H2,15,16,17). The summed E-state index contributed by atoms with van der Waals surface area (Å²) >= 11 is 0. The highest BCUT2D eigenvalue weighted by Crippen LogP contribution is 2.33. The van der Waals surface area contributed by atoms with E-state index in [9.17, 15) is 8.42 Å². The van der Waals surface area contributed by atoms with E-state index in [0.717, 1.165) is 6.61 Å². The molecule has 0 radical (unpaired) electrons. The van der Waals surface area contributed by atoms with Gasteiger partial charge >= 0.3 is 0 Å². The zero-order valence-corrected chi connectivity index (χ0v) is 13.0. The molecule has 2 aliphatic rings. The maximum absolute atomic E-state index is 11.5. The van der Waals surface area contributed by atoms with Crippen molar-refractivity contribution >= 4 is 10.0 Å². The third-order valence-corrected chi connectivity index (χ3v) is 5.56. The van der Waals surface area contributed by atoms with Crippen LogP contribution in [0.5, 0.6) is 0 Å². The van der Waals surface area contributed by atoms with Crippen LogP contribution in [0.15, 0.2) is 0 Å². The minimum absolute atomic E-state index is 0.00796. The van der Waals surface area contributed by atoms with E-state index < -0.39 is 10.0 Å². The van der Waals surface area contributed by atoms with Crippen LogP contribution in [0.4, 0.5) is 0 Å². The SMILES string of the molecule is NS(=O)(=O)CC1(COCC2CCCCC2)CCOCC1. The second-order valence-electron chi connectivity index (χ2n) is 6.44. The highest BCUT2D eigenvalue weighted by molar-refractivity contribution is 7.89. The molecule has 1 saturated heterocycles. The van der Waals surface area contributed by atoms with Gasteiger partial charge in [-0.1, -0.05) is 19.3 Å². The van der Waals surface area contributed by atoms with Crippen LogP contribution in [0.2, 0.25) is 0 Å². The van der Waals surface area contributed by atoms with E-state index in [1.54, 1.807) is 0 Å². The molecule has 5 nitrogen and oxygen atoms in total. The molecule has 20 heavy (non-hydrogen) atoms. The highest BCUT2D eigenvalue weighted by atomic mass is 32.2. The average molecular weight is 305 g/mol. The molecule has 2 rings (SSSR count). The van der Waals surface area contributed by atoms with Crippen LogP contribution < -0.4 is 5.14 Å². The van der Waals surface area contributed by atoms with Gasteiger partial charge in [0.25, 0.3) is 0 Å². The van der Waals surface area contributed by atoms with Gasteiger partial charge in [-0.2, -0.15) is 0 Å². The third kappa shape index (κ3) is 5.31. The molecular formula is C14H27NO4S. The summed E-state index contributed by atoms with van der Waals surface area (Å²) in [7, 11) is -3.47. The molecule has 0 aromatic rings. The summed E-state index contributed by atoms with van der Waals surface area (Å²) in [5.74, 6) is 0.656. The molecule has 1 aliphatic carbocycles. The molecule has 2 N–H and O–H groups in total. The highest BCUT2D eigenvalue weighted by Gasteiger charge is 2.36. The lowest BCUT2D eigenvalue weighted by molar-refractivity contribution is -0.0373.